The Hall–Kier alpha value is -3.24. The summed E-state index contributed by atoms with van der Waals surface area (Å²) < 4.78 is 52.6. The lowest BCUT2D eigenvalue weighted by molar-refractivity contribution is -0.140. The third kappa shape index (κ3) is 3.82. The van der Waals surface area contributed by atoms with Crippen molar-refractivity contribution in [3.8, 4) is 0 Å². The van der Waals surface area contributed by atoms with Crippen molar-refractivity contribution in [1.82, 2.24) is 25.2 Å². The number of halogens is 4. The summed E-state index contributed by atoms with van der Waals surface area (Å²) in [6.07, 6.45) is -0.677. The Morgan fingerprint density at radius 2 is 2.12 bits per heavy atom. The first-order chi connectivity index (χ1) is 11.8. The van der Waals surface area contributed by atoms with Gasteiger partial charge in [-0.15, -0.1) is 5.10 Å². The molecule has 0 bridgehead atoms. The number of hydrogen-bond acceptors (Lipinski definition) is 4. The lowest BCUT2D eigenvalue weighted by Crippen LogP contribution is -2.12. The molecule has 0 radical (unpaired) electrons. The minimum absolute atomic E-state index is 0.0284. The number of nitrogens with one attached hydrogen (secondary N) is 2. The quantitative estimate of drug-likeness (QED) is 0.705. The molecule has 0 saturated heterocycles. The SMILES string of the molecule is O=C(Nc1cn[nH]c1)c1cn(Cc2ccc(F)c(C(F)(F)F)c2)nn1. The number of aromatic amines is 1. The van der Waals surface area contributed by atoms with Gasteiger partial charge in [0.1, 0.15) is 5.82 Å². The molecule has 0 aliphatic heterocycles. The molecule has 130 valence electrons. The van der Waals surface area contributed by atoms with Gasteiger partial charge in [-0.05, 0) is 17.7 Å². The van der Waals surface area contributed by atoms with Crippen LogP contribution >= 0.6 is 0 Å². The topological polar surface area (TPSA) is 88.5 Å². The normalized spacial score (nSPS) is 11.5. The zero-order chi connectivity index (χ0) is 18.0. The van der Waals surface area contributed by atoms with Crippen molar-refractivity contribution in [2.45, 2.75) is 12.7 Å². The van der Waals surface area contributed by atoms with Gasteiger partial charge < -0.3 is 5.32 Å². The highest BCUT2D eigenvalue weighted by atomic mass is 19.4. The number of anilines is 1. The van der Waals surface area contributed by atoms with E-state index in [-0.39, 0.29) is 17.8 Å². The first-order valence-corrected chi connectivity index (χ1v) is 6.89. The highest BCUT2D eigenvalue weighted by molar-refractivity contribution is 6.02. The second-order valence-electron chi connectivity index (χ2n) is 5.05. The zero-order valence-electron chi connectivity index (χ0n) is 12.4. The van der Waals surface area contributed by atoms with Crippen molar-refractivity contribution in [3.05, 3.63) is 59.4 Å². The summed E-state index contributed by atoms with van der Waals surface area (Å²) in [6, 6.07) is 2.64. The van der Waals surface area contributed by atoms with Gasteiger partial charge in [0.15, 0.2) is 5.69 Å². The third-order valence-corrected chi connectivity index (χ3v) is 3.21. The van der Waals surface area contributed by atoms with E-state index in [9.17, 15) is 22.4 Å². The molecule has 0 aliphatic carbocycles. The fraction of sp³-hybridized carbons (Fsp3) is 0.143. The van der Waals surface area contributed by atoms with E-state index < -0.39 is 23.5 Å². The van der Waals surface area contributed by atoms with E-state index in [0.717, 1.165) is 6.07 Å². The van der Waals surface area contributed by atoms with Gasteiger partial charge in [-0.1, -0.05) is 11.3 Å². The molecule has 2 aromatic heterocycles. The second kappa shape index (κ2) is 6.34. The van der Waals surface area contributed by atoms with Crippen LogP contribution in [0.5, 0.6) is 0 Å². The molecule has 3 aromatic rings. The molecule has 0 atom stereocenters. The molecule has 0 saturated carbocycles. The van der Waals surface area contributed by atoms with Crippen LogP contribution < -0.4 is 5.32 Å². The van der Waals surface area contributed by atoms with Gasteiger partial charge in [-0.3, -0.25) is 9.89 Å². The Bertz CT molecular complexity index is 887. The molecule has 0 spiro atoms. The largest absolute Gasteiger partial charge is 0.419 e. The van der Waals surface area contributed by atoms with Crippen molar-refractivity contribution >= 4 is 11.6 Å². The molecule has 0 unspecified atom stereocenters. The van der Waals surface area contributed by atoms with Gasteiger partial charge in [0.25, 0.3) is 5.91 Å². The molecule has 1 aromatic carbocycles. The van der Waals surface area contributed by atoms with Crippen LogP contribution in [0, 0.1) is 5.82 Å². The number of H-pyrrole nitrogens is 1. The standard InChI is InChI=1S/C14H10F4N6O/c15-11-2-1-8(3-10(11)14(16,17)18)6-24-7-12(22-23-24)13(25)21-9-4-19-20-5-9/h1-5,7H,6H2,(H,19,20)(H,21,25). The van der Waals surface area contributed by atoms with Gasteiger partial charge >= 0.3 is 6.18 Å². The Kier molecular flexibility index (Phi) is 4.21. The van der Waals surface area contributed by atoms with Crippen molar-refractivity contribution < 1.29 is 22.4 Å². The molecule has 0 aliphatic rings. The molecule has 7 nitrogen and oxygen atoms in total. The van der Waals surface area contributed by atoms with E-state index in [2.05, 4.69) is 25.8 Å². The van der Waals surface area contributed by atoms with Gasteiger partial charge in [0.05, 0.1) is 30.2 Å². The first-order valence-electron chi connectivity index (χ1n) is 6.89. The van der Waals surface area contributed by atoms with Crippen molar-refractivity contribution in [2.75, 3.05) is 5.32 Å². The smallest absolute Gasteiger partial charge is 0.318 e. The van der Waals surface area contributed by atoms with E-state index in [1.807, 2.05) is 0 Å². The number of benzene rings is 1. The van der Waals surface area contributed by atoms with Crippen LogP contribution in [0.3, 0.4) is 0 Å². The van der Waals surface area contributed by atoms with E-state index in [1.54, 1.807) is 0 Å². The lowest BCUT2D eigenvalue weighted by Gasteiger charge is -2.09. The van der Waals surface area contributed by atoms with Crippen LogP contribution in [0.1, 0.15) is 21.6 Å². The summed E-state index contributed by atoms with van der Waals surface area (Å²) in [5.41, 5.74) is -0.796. The van der Waals surface area contributed by atoms with Crippen LogP contribution in [0.25, 0.3) is 0 Å². The molecule has 3 rings (SSSR count). The van der Waals surface area contributed by atoms with Gasteiger partial charge in [-0.2, -0.15) is 18.3 Å². The summed E-state index contributed by atoms with van der Waals surface area (Å²) in [4.78, 5) is 11.9. The molecule has 2 heterocycles. The number of carbonyl (C=O) groups excluding carboxylic acids is 1. The number of rotatable bonds is 4. The summed E-state index contributed by atoms with van der Waals surface area (Å²) in [6.45, 7) is -0.102. The van der Waals surface area contributed by atoms with E-state index in [0.29, 0.717) is 11.8 Å². The maximum absolute atomic E-state index is 13.3. The maximum Gasteiger partial charge on any atom is 0.419 e. The number of alkyl halides is 3. The van der Waals surface area contributed by atoms with Gasteiger partial charge in [-0.25, -0.2) is 9.07 Å². The van der Waals surface area contributed by atoms with Crippen LogP contribution in [0.4, 0.5) is 23.2 Å². The predicted octanol–water partition coefficient (Wildman–Crippen LogP) is 2.46. The van der Waals surface area contributed by atoms with Gasteiger partial charge in [0.2, 0.25) is 0 Å². The summed E-state index contributed by atoms with van der Waals surface area (Å²) in [5.74, 6) is -1.90. The summed E-state index contributed by atoms with van der Waals surface area (Å²) >= 11 is 0. The zero-order valence-corrected chi connectivity index (χ0v) is 12.4. The molecule has 25 heavy (non-hydrogen) atoms. The fourth-order valence-corrected chi connectivity index (χ4v) is 2.07. The lowest BCUT2D eigenvalue weighted by atomic mass is 10.1. The minimum atomic E-state index is -4.79. The van der Waals surface area contributed by atoms with Crippen molar-refractivity contribution in [3.63, 3.8) is 0 Å². The number of hydrogen-bond donors (Lipinski definition) is 2. The highest BCUT2D eigenvalue weighted by Gasteiger charge is 2.34. The summed E-state index contributed by atoms with van der Waals surface area (Å²) in [7, 11) is 0. The van der Waals surface area contributed by atoms with Crippen LogP contribution in [0.2, 0.25) is 0 Å². The molecular formula is C14H10F4N6O. The average Bonchev–Trinajstić information content (AvgIpc) is 3.20. The van der Waals surface area contributed by atoms with E-state index in [4.69, 9.17) is 0 Å². The number of aromatic nitrogens is 5. The Morgan fingerprint density at radius 3 is 2.80 bits per heavy atom. The van der Waals surface area contributed by atoms with Crippen LogP contribution in [-0.2, 0) is 12.7 Å². The van der Waals surface area contributed by atoms with Gasteiger partial charge in [0, 0.05) is 6.20 Å². The molecular weight excluding hydrogens is 344 g/mol. The highest BCUT2D eigenvalue weighted by Crippen LogP contribution is 2.32. The number of nitrogens with zero attached hydrogens (tertiary/aromatic N) is 4. The Morgan fingerprint density at radius 1 is 1.32 bits per heavy atom. The third-order valence-electron chi connectivity index (χ3n) is 3.21. The average molecular weight is 354 g/mol. The number of amides is 1. The Balaban J connectivity index is 1.74. The van der Waals surface area contributed by atoms with E-state index >= 15 is 0 Å². The Labute approximate surface area is 137 Å². The summed E-state index contributed by atoms with van der Waals surface area (Å²) in [5, 5.41) is 16.0. The predicted molar refractivity (Wildman–Crippen MR) is 77.1 cm³/mol. The van der Waals surface area contributed by atoms with Crippen molar-refractivity contribution in [1.29, 1.82) is 0 Å². The fourth-order valence-electron chi connectivity index (χ4n) is 2.07. The first kappa shape index (κ1) is 16.6. The van der Waals surface area contributed by atoms with Crippen LogP contribution in [0.15, 0.2) is 36.8 Å². The molecule has 1 amide bonds. The molecule has 0 fully saturated rings. The van der Waals surface area contributed by atoms with Crippen LogP contribution in [-0.4, -0.2) is 31.1 Å². The minimum Gasteiger partial charge on any atom is -0.318 e. The van der Waals surface area contributed by atoms with E-state index in [1.165, 1.54) is 29.3 Å². The molecule has 11 heteroatoms. The monoisotopic (exact) mass is 354 g/mol. The van der Waals surface area contributed by atoms with Crippen molar-refractivity contribution in [2.24, 2.45) is 0 Å². The maximum atomic E-state index is 13.3. The molecule has 2 N–H and O–H groups in total. The second-order valence-corrected chi connectivity index (χ2v) is 5.05. The number of carbonyl (C=O) groups is 1.